The number of benzene rings is 2. The minimum atomic E-state index is -0.0778. The van der Waals surface area contributed by atoms with Crippen LogP contribution in [0.5, 0.6) is 0 Å². The largest absolute Gasteiger partial charge is 0.346 e. The molecule has 1 aliphatic heterocycles. The van der Waals surface area contributed by atoms with Gasteiger partial charge in [0, 0.05) is 25.6 Å². The minimum Gasteiger partial charge on any atom is -0.339 e. The van der Waals surface area contributed by atoms with Gasteiger partial charge >= 0.3 is 5.69 Å². The third-order valence-electron chi connectivity index (χ3n) is 5.69. The van der Waals surface area contributed by atoms with Crippen LogP contribution >= 0.6 is 11.6 Å². The van der Waals surface area contributed by atoms with Crippen molar-refractivity contribution < 1.29 is 4.79 Å². The maximum atomic E-state index is 12.8. The fourth-order valence-electron chi connectivity index (χ4n) is 4.06. The average Bonchev–Trinajstić information content (AvgIpc) is 3.09. The van der Waals surface area contributed by atoms with Gasteiger partial charge in [-0.15, -0.1) is 0 Å². The Hall–Kier alpha value is -2.86. The minimum absolute atomic E-state index is 0.0402. The molecule has 0 radical (unpaired) electrons. The summed E-state index contributed by atoms with van der Waals surface area (Å²) < 4.78 is 3.31. The number of rotatable bonds is 5. The van der Waals surface area contributed by atoms with E-state index in [0.29, 0.717) is 36.8 Å². The number of likely N-dealkylation sites (tertiary alicyclic amines) is 1. The number of piperidine rings is 1. The zero-order valence-electron chi connectivity index (χ0n) is 17.0. The Labute approximate surface area is 180 Å². The third-order valence-corrected chi connectivity index (χ3v) is 6.02. The Morgan fingerprint density at radius 3 is 2.40 bits per heavy atom. The van der Waals surface area contributed by atoms with Crippen molar-refractivity contribution in [2.45, 2.75) is 38.8 Å². The highest BCUT2D eigenvalue weighted by atomic mass is 35.5. The maximum Gasteiger partial charge on any atom is 0.346 e. The van der Waals surface area contributed by atoms with Crippen molar-refractivity contribution in [3.05, 3.63) is 87.1 Å². The number of amides is 1. The summed E-state index contributed by atoms with van der Waals surface area (Å²) in [7, 11) is 0. The second-order valence-electron chi connectivity index (χ2n) is 7.57. The fourth-order valence-corrected chi connectivity index (χ4v) is 4.28. The molecule has 2 aromatic carbocycles. The molecule has 0 saturated carbocycles. The van der Waals surface area contributed by atoms with E-state index in [0.717, 1.165) is 24.2 Å². The molecule has 6 nitrogen and oxygen atoms in total. The zero-order chi connectivity index (χ0) is 21.1. The van der Waals surface area contributed by atoms with Gasteiger partial charge in [0.05, 0.1) is 17.1 Å². The van der Waals surface area contributed by atoms with E-state index in [2.05, 4.69) is 5.10 Å². The third kappa shape index (κ3) is 4.05. The molecule has 0 aliphatic carbocycles. The molecule has 0 bridgehead atoms. The molecule has 7 heteroatoms. The summed E-state index contributed by atoms with van der Waals surface area (Å²) in [5.41, 5.74) is 1.51. The standard InChI is InChI=1S/C23H25ClN4O2/c1-2-27-21(25-28(23(27)30)16-17-8-4-3-5-9-17)18-12-14-26(15-13-18)22(29)19-10-6-7-11-20(19)24/h3-11,18H,2,12-16H2,1H3. The van der Waals surface area contributed by atoms with Crippen molar-refractivity contribution in [1.82, 2.24) is 19.2 Å². The molecular formula is C23H25ClN4O2. The molecule has 0 spiro atoms. The van der Waals surface area contributed by atoms with Gasteiger partial charge in [-0.25, -0.2) is 9.48 Å². The van der Waals surface area contributed by atoms with Crippen LogP contribution in [0.25, 0.3) is 0 Å². The molecule has 1 aromatic heterocycles. The van der Waals surface area contributed by atoms with Crippen molar-refractivity contribution in [2.24, 2.45) is 0 Å². The van der Waals surface area contributed by atoms with Crippen LogP contribution in [0.1, 0.15) is 47.4 Å². The molecule has 156 valence electrons. The first-order valence-electron chi connectivity index (χ1n) is 10.3. The van der Waals surface area contributed by atoms with E-state index < -0.39 is 0 Å². The first kappa shape index (κ1) is 20.4. The molecule has 1 amide bonds. The Balaban J connectivity index is 1.49. The van der Waals surface area contributed by atoms with E-state index in [1.165, 1.54) is 0 Å². The zero-order valence-corrected chi connectivity index (χ0v) is 17.8. The summed E-state index contributed by atoms with van der Waals surface area (Å²) in [6, 6.07) is 17.0. The van der Waals surface area contributed by atoms with Gasteiger partial charge in [0.2, 0.25) is 0 Å². The average molecular weight is 425 g/mol. The maximum absolute atomic E-state index is 12.8. The molecule has 0 unspecified atom stereocenters. The van der Waals surface area contributed by atoms with Crippen LogP contribution in [-0.2, 0) is 13.1 Å². The summed E-state index contributed by atoms with van der Waals surface area (Å²) >= 11 is 6.19. The van der Waals surface area contributed by atoms with Gasteiger partial charge in [0.25, 0.3) is 5.91 Å². The summed E-state index contributed by atoms with van der Waals surface area (Å²) in [5.74, 6) is 0.940. The quantitative estimate of drug-likeness (QED) is 0.626. The van der Waals surface area contributed by atoms with Crippen LogP contribution in [0.4, 0.5) is 0 Å². The van der Waals surface area contributed by atoms with Gasteiger partial charge in [-0.1, -0.05) is 54.1 Å². The van der Waals surface area contributed by atoms with E-state index in [9.17, 15) is 9.59 Å². The molecule has 4 rings (SSSR count). The molecule has 0 atom stereocenters. The topological polar surface area (TPSA) is 60.1 Å². The predicted octanol–water partition coefficient (Wildman–Crippen LogP) is 3.79. The number of nitrogens with zero attached hydrogens (tertiary/aromatic N) is 4. The molecule has 1 fully saturated rings. The molecule has 3 aromatic rings. The van der Waals surface area contributed by atoms with E-state index in [4.69, 9.17) is 11.6 Å². The van der Waals surface area contributed by atoms with Crippen molar-refractivity contribution >= 4 is 17.5 Å². The van der Waals surface area contributed by atoms with Crippen molar-refractivity contribution in [1.29, 1.82) is 0 Å². The number of halogens is 1. The van der Waals surface area contributed by atoms with Crippen LogP contribution in [0.2, 0.25) is 5.02 Å². The fraction of sp³-hybridized carbons (Fsp3) is 0.348. The van der Waals surface area contributed by atoms with E-state index >= 15 is 0 Å². The van der Waals surface area contributed by atoms with Gasteiger partial charge in [-0.2, -0.15) is 5.10 Å². The van der Waals surface area contributed by atoms with E-state index in [-0.39, 0.29) is 17.5 Å². The second-order valence-corrected chi connectivity index (χ2v) is 7.98. The molecular weight excluding hydrogens is 400 g/mol. The summed E-state index contributed by atoms with van der Waals surface area (Å²) in [5, 5.41) is 5.16. The Morgan fingerprint density at radius 1 is 1.07 bits per heavy atom. The summed E-state index contributed by atoms with van der Waals surface area (Å²) in [6.07, 6.45) is 1.55. The lowest BCUT2D eigenvalue weighted by Crippen LogP contribution is -2.38. The normalized spacial score (nSPS) is 14.8. The lowest BCUT2D eigenvalue weighted by molar-refractivity contribution is 0.0710. The monoisotopic (exact) mass is 424 g/mol. The van der Waals surface area contributed by atoms with Crippen LogP contribution < -0.4 is 5.69 Å². The lowest BCUT2D eigenvalue weighted by atomic mass is 9.95. The van der Waals surface area contributed by atoms with Gasteiger partial charge in [0.15, 0.2) is 0 Å². The Bertz CT molecular complexity index is 1080. The summed E-state index contributed by atoms with van der Waals surface area (Å²) in [6.45, 7) is 4.26. The SMILES string of the molecule is CCn1c(C2CCN(C(=O)c3ccccc3Cl)CC2)nn(Cc2ccccc2)c1=O. The molecule has 1 aliphatic rings. The van der Waals surface area contributed by atoms with Gasteiger partial charge in [0.1, 0.15) is 5.82 Å². The number of hydrogen-bond donors (Lipinski definition) is 0. The highest BCUT2D eigenvalue weighted by Crippen LogP contribution is 2.28. The number of hydrogen-bond acceptors (Lipinski definition) is 3. The Morgan fingerprint density at radius 2 is 1.73 bits per heavy atom. The van der Waals surface area contributed by atoms with E-state index in [1.807, 2.05) is 54.3 Å². The lowest BCUT2D eigenvalue weighted by Gasteiger charge is -2.31. The smallest absolute Gasteiger partial charge is 0.339 e. The van der Waals surface area contributed by atoms with Gasteiger partial charge < -0.3 is 4.90 Å². The van der Waals surface area contributed by atoms with Crippen LogP contribution in [0.3, 0.4) is 0 Å². The van der Waals surface area contributed by atoms with Gasteiger partial charge in [-0.05, 0) is 37.5 Å². The number of aromatic nitrogens is 3. The van der Waals surface area contributed by atoms with Crippen molar-refractivity contribution in [3.8, 4) is 0 Å². The molecule has 1 saturated heterocycles. The van der Waals surface area contributed by atoms with Crippen LogP contribution in [0, 0.1) is 0 Å². The highest BCUT2D eigenvalue weighted by Gasteiger charge is 2.29. The first-order chi connectivity index (χ1) is 14.6. The van der Waals surface area contributed by atoms with E-state index in [1.54, 1.807) is 21.4 Å². The number of carbonyl (C=O) groups excluding carboxylic acids is 1. The number of carbonyl (C=O) groups is 1. The highest BCUT2D eigenvalue weighted by molar-refractivity contribution is 6.33. The predicted molar refractivity (Wildman–Crippen MR) is 117 cm³/mol. The van der Waals surface area contributed by atoms with Crippen molar-refractivity contribution in [3.63, 3.8) is 0 Å². The molecule has 2 heterocycles. The Kier molecular flexibility index (Phi) is 6.04. The van der Waals surface area contributed by atoms with Gasteiger partial charge in [-0.3, -0.25) is 9.36 Å². The second kappa shape index (κ2) is 8.88. The molecule has 0 N–H and O–H groups in total. The summed E-state index contributed by atoms with van der Waals surface area (Å²) in [4.78, 5) is 27.5. The first-order valence-corrected chi connectivity index (χ1v) is 10.7. The van der Waals surface area contributed by atoms with Crippen LogP contribution in [0.15, 0.2) is 59.4 Å². The van der Waals surface area contributed by atoms with Crippen molar-refractivity contribution in [2.75, 3.05) is 13.1 Å². The van der Waals surface area contributed by atoms with Crippen LogP contribution in [-0.4, -0.2) is 38.2 Å². The molecule has 30 heavy (non-hydrogen) atoms.